The molecule has 8 rings (SSSR count). The summed E-state index contributed by atoms with van der Waals surface area (Å²) in [4.78, 5) is 0. The Bertz CT molecular complexity index is 1550. The Balaban J connectivity index is 0.000000503. The van der Waals surface area contributed by atoms with Crippen LogP contribution in [0.3, 0.4) is 0 Å². The standard InChI is InChI=1S/8C10H20O/c1-4-9-6-10(11)5-7(2)8(9)3;1-4-9-5-7(2)8(3)6-10(9)11;1-4-9-5-7(2)6-10(11)8(9)3;1-4-9-6-7(2)5-8(3)10(9)11;1-4-9-7(2)5-6-10(11)8(9)3;1-4-9-6-5-7(2)10(11)8(9)3;1-4-9-6-5-7(2)8(3)10(9)11;1-4-9-7(2)5-6-8(3)10(9)11/h8*7-11H,4-6H2,1-3H3. The topological polar surface area (TPSA) is 162 Å². The molecule has 8 nitrogen and oxygen atoms in total. The van der Waals surface area contributed by atoms with Gasteiger partial charge in [-0.1, -0.05) is 230 Å². The van der Waals surface area contributed by atoms with Crippen LogP contribution in [0, 0.1) is 142 Å². The van der Waals surface area contributed by atoms with Gasteiger partial charge in [0.1, 0.15) is 0 Å². The predicted octanol–water partition coefficient (Wildman–Crippen LogP) is 19.5. The molecule has 0 spiro atoms. The van der Waals surface area contributed by atoms with E-state index in [1.807, 2.05) is 0 Å². The number of rotatable bonds is 8. The molecule has 0 heterocycles. The molecule has 0 bridgehead atoms. The summed E-state index contributed by atoms with van der Waals surface area (Å²) >= 11 is 0. The van der Waals surface area contributed by atoms with Gasteiger partial charge in [-0.05, 0) is 232 Å². The van der Waals surface area contributed by atoms with Crippen LogP contribution in [-0.2, 0) is 0 Å². The van der Waals surface area contributed by atoms with E-state index in [4.69, 9.17) is 0 Å². The van der Waals surface area contributed by atoms with Crippen LogP contribution in [0.4, 0.5) is 0 Å². The fraction of sp³-hybridized carbons (Fsp3) is 1.00. The first-order valence-electron chi connectivity index (χ1n) is 38.7. The molecular weight excluding hydrogens is 1090 g/mol. The molecule has 528 valence electrons. The molecule has 32 unspecified atom stereocenters. The van der Waals surface area contributed by atoms with Crippen molar-refractivity contribution < 1.29 is 40.9 Å². The van der Waals surface area contributed by atoms with Crippen molar-refractivity contribution in [1.82, 2.24) is 0 Å². The maximum atomic E-state index is 9.81. The van der Waals surface area contributed by atoms with Gasteiger partial charge in [0.25, 0.3) is 0 Å². The van der Waals surface area contributed by atoms with Gasteiger partial charge in [-0.15, -0.1) is 0 Å². The summed E-state index contributed by atoms with van der Waals surface area (Å²) in [5, 5.41) is 77.5. The number of hydrogen-bond acceptors (Lipinski definition) is 8. The van der Waals surface area contributed by atoms with Crippen molar-refractivity contribution in [3.8, 4) is 0 Å². The lowest BCUT2D eigenvalue weighted by Gasteiger charge is -2.37. The highest BCUT2D eigenvalue weighted by Gasteiger charge is 2.37. The Kier molecular flexibility index (Phi) is 43.3. The highest BCUT2D eigenvalue weighted by atomic mass is 16.3. The maximum Gasteiger partial charge on any atom is 0.0596 e. The molecule has 8 fully saturated rings. The molecule has 8 heteroatoms. The van der Waals surface area contributed by atoms with Crippen LogP contribution in [0.15, 0.2) is 0 Å². The summed E-state index contributed by atoms with van der Waals surface area (Å²) in [6.07, 6.45) is 28.0. The number of aliphatic hydroxyl groups is 8. The van der Waals surface area contributed by atoms with E-state index in [2.05, 4.69) is 166 Å². The molecule has 0 aromatic carbocycles. The van der Waals surface area contributed by atoms with E-state index in [0.717, 1.165) is 117 Å². The van der Waals surface area contributed by atoms with Crippen molar-refractivity contribution in [2.75, 3.05) is 0 Å². The molecule has 88 heavy (non-hydrogen) atoms. The van der Waals surface area contributed by atoms with Gasteiger partial charge in [0, 0.05) is 0 Å². The molecule has 0 saturated heterocycles. The third-order valence-electron chi connectivity index (χ3n) is 26.5. The Morgan fingerprint density at radius 3 is 1.18 bits per heavy atom. The molecule has 0 radical (unpaired) electrons. The minimum atomic E-state index is -0.0475. The summed E-state index contributed by atoms with van der Waals surface area (Å²) < 4.78 is 0. The quantitative estimate of drug-likeness (QED) is 0.119. The first-order valence-corrected chi connectivity index (χ1v) is 38.7. The third-order valence-corrected chi connectivity index (χ3v) is 26.5. The van der Waals surface area contributed by atoms with Crippen LogP contribution in [-0.4, -0.2) is 89.7 Å². The maximum absolute atomic E-state index is 9.81. The SMILES string of the molecule is CCC1C(C)CCC(C)C1O.CCC1C(C)CCC(O)C1C.CCC1CC(C)C(C)CC1O.CCC1CC(C)CC(C)C1O.CCC1CC(C)CC(O)C1C.CCC1CC(O)CC(C)C1C.CCC1CCC(C)C(C)C1O.CCC1CCC(C)C(O)C1C. The van der Waals surface area contributed by atoms with Crippen molar-refractivity contribution in [3.63, 3.8) is 0 Å². The highest BCUT2D eigenvalue weighted by Crippen LogP contribution is 2.42. The van der Waals surface area contributed by atoms with E-state index in [-0.39, 0.29) is 48.8 Å². The zero-order chi connectivity index (χ0) is 67.4. The van der Waals surface area contributed by atoms with Crippen LogP contribution >= 0.6 is 0 Å². The summed E-state index contributed by atoms with van der Waals surface area (Å²) in [7, 11) is 0. The van der Waals surface area contributed by atoms with E-state index in [9.17, 15) is 40.9 Å². The summed E-state index contributed by atoms with van der Waals surface area (Å²) in [5.74, 6) is 15.8. The van der Waals surface area contributed by atoms with Crippen LogP contribution in [0.25, 0.3) is 0 Å². The normalized spacial score (nSPS) is 45.8. The molecule has 0 aliphatic heterocycles. The largest absolute Gasteiger partial charge is 0.393 e. The van der Waals surface area contributed by atoms with E-state index in [1.165, 1.54) is 96.3 Å². The zero-order valence-corrected chi connectivity index (χ0v) is 63.0. The Hall–Kier alpha value is -0.320. The molecule has 8 aliphatic rings. The minimum absolute atomic E-state index is 0.0220. The summed E-state index contributed by atoms with van der Waals surface area (Å²) in [6, 6.07) is 0. The van der Waals surface area contributed by atoms with E-state index in [1.54, 1.807) is 0 Å². The Morgan fingerprint density at radius 1 is 0.216 bits per heavy atom. The fourth-order valence-corrected chi connectivity index (χ4v) is 18.3. The average Bonchev–Trinajstić information content (AvgIpc) is 3.72. The molecule has 8 aliphatic carbocycles. The first-order chi connectivity index (χ1) is 41.2. The first kappa shape index (κ1) is 85.7. The van der Waals surface area contributed by atoms with Gasteiger partial charge < -0.3 is 40.9 Å². The van der Waals surface area contributed by atoms with Crippen molar-refractivity contribution in [1.29, 1.82) is 0 Å². The van der Waals surface area contributed by atoms with E-state index < -0.39 is 0 Å². The molecule has 8 N–H and O–H groups in total. The van der Waals surface area contributed by atoms with Crippen molar-refractivity contribution in [3.05, 3.63) is 0 Å². The molecular formula is C80H160O8. The zero-order valence-electron chi connectivity index (χ0n) is 63.0. The van der Waals surface area contributed by atoms with E-state index in [0.29, 0.717) is 82.9 Å². The smallest absolute Gasteiger partial charge is 0.0596 e. The van der Waals surface area contributed by atoms with Gasteiger partial charge >= 0.3 is 0 Å². The average molecular weight is 1250 g/mol. The summed E-state index contributed by atoms with van der Waals surface area (Å²) in [6.45, 7) is 53.4. The molecule has 0 aromatic heterocycles. The van der Waals surface area contributed by atoms with Crippen LogP contribution in [0.5, 0.6) is 0 Å². The van der Waals surface area contributed by atoms with Gasteiger partial charge in [-0.25, -0.2) is 0 Å². The van der Waals surface area contributed by atoms with Crippen LogP contribution in [0.1, 0.15) is 320 Å². The molecule has 0 aromatic rings. The Labute approximate surface area is 549 Å². The summed E-state index contributed by atoms with van der Waals surface area (Å²) in [5.41, 5.74) is 0. The lowest BCUT2D eigenvalue weighted by molar-refractivity contribution is -0.00445. The molecule has 32 atom stereocenters. The predicted molar refractivity (Wildman–Crippen MR) is 379 cm³/mol. The van der Waals surface area contributed by atoms with Crippen molar-refractivity contribution in [2.24, 2.45) is 142 Å². The van der Waals surface area contributed by atoms with Crippen molar-refractivity contribution >= 4 is 0 Å². The minimum Gasteiger partial charge on any atom is -0.393 e. The second kappa shape index (κ2) is 44.4. The monoisotopic (exact) mass is 1250 g/mol. The lowest BCUT2D eigenvalue weighted by atomic mass is 9.71. The van der Waals surface area contributed by atoms with Crippen LogP contribution in [0.2, 0.25) is 0 Å². The lowest BCUT2D eigenvalue weighted by Crippen LogP contribution is -2.36. The van der Waals surface area contributed by atoms with Crippen molar-refractivity contribution in [2.45, 2.75) is 369 Å². The van der Waals surface area contributed by atoms with E-state index >= 15 is 0 Å². The molecule has 0 amide bonds. The highest BCUT2D eigenvalue weighted by molar-refractivity contribution is 4.88. The van der Waals surface area contributed by atoms with Gasteiger partial charge in [-0.2, -0.15) is 0 Å². The van der Waals surface area contributed by atoms with Gasteiger partial charge in [0.15, 0.2) is 0 Å². The third kappa shape index (κ3) is 28.2. The molecule has 8 saturated carbocycles. The van der Waals surface area contributed by atoms with Gasteiger partial charge in [0.05, 0.1) is 48.8 Å². The van der Waals surface area contributed by atoms with Gasteiger partial charge in [-0.3, -0.25) is 0 Å². The number of hydrogen-bond donors (Lipinski definition) is 8. The fourth-order valence-electron chi connectivity index (χ4n) is 18.3. The van der Waals surface area contributed by atoms with Crippen LogP contribution < -0.4 is 0 Å². The second-order valence-electron chi connectivity index (χ2n) is 33.0. The Morgan fingerprint density at radius 2 is 0.659 bits per heavy atom. The number of aliphatic hydroxyl groups excluding tert-OH is 8. The van der Waals surface area contributed by atoms with Gasteiger partial charge in [0.2, 0.25) is 0 Å². The second-order valence-corrected chi connectivity index (χ2v) is 33.0.